The zero-order chi connectivity index (χ0) is 12.2. The minimum absolute atomic E-state index is 0.0403. The number of hydrogen-bond donors (Lipinski definition) is 1. The van der Waals surface area contributed by atoms with E-state index in [1.165, 1.54) is 0 Å². The van der Waals surface area contributed by atoms with Gasteiger partial charge in [0.1, 0.15) is 0 Å². The molecule has 0 aromatic carbocycles. The molecule has 0 unspecified atom stereocenters. The van der Waals surface area contributed by atoms with Crippen molar-refractivity contribution < 1.29 is 4.79 Å². The maximum atomic E-state index is 11.8. The van der Waals surface area contributed by atoms with Crippen LogP contribution in [0.5, 0.6) is 0 Å². The molecule has 0 atom stereocenters. The van der Waals surface area contributed by atoms with Crippen LogP contribution in [-0.4, -0.2) is 34.1 Å². The van der Waals surface area contributed by atoms with E-state index in [0.717, 1.165) is 24.6 Å². The van der Waals surface area contributed by atoms with Crippen LogP contribution in [0.1, 0.15) is 40.5 Å². The van der Waals surface area contributed by atoms with Crippen molar-refractivity contribution >= 4 is 23.0 Å². The molecule has 0 aromatic heterocycles. The van der Waals surface area contributed by atoms with Crippen LogP contribution < -0.4 is 5.32 Å². The molecule has 1 aliphatic heterocycles. The fourth-order valence-electron chi connectivity index (χ4n) is 1.30. The van der Waals surface area contributed by atoms with Gasteiger partial charge in [-0.2, -0.15) is 0 Å². The molecule has 0 saturated carbocycles. The minimum atomic E-state index is -0.133. The van der Waals surface area contributed by atoms with Crippen LogP contribution in [-0.2, 0) is 0 Å². The van der Waals surface area contributed by atoms with Crippen molar-refractivity contribution in [2.45, 2.75) is 46.1 Å². The summed E-state index contributed by atoms with van der Waals surface area (Å²) in [5.41, 5.74) is -0.133. The molecule has 5 heteroatoms. The second-order valence-electron chi connectivity index (χ2n) is 4.84. The van der Waals surface area contributed by atoms with Gasteiger partial charge in [0.2, 0.25) is 0 Å². The molecule has 4 nitrogen and oxygen atoms in total. The number of carbonyl (C=O) groups is 1. The molecule has 92 valence electrons. The van der Waals surface area contributed by atoms with Crippen molar-refractivity contribution in [1.29, 1.82) is 0 Å². The van der Waals surface area contributed by atoms with Gasteiger partial charge < -0.3 is 4.90 Å². The van der Waals surface area contributed by atoms with Crippen molar-refractivity contribution in [3.8, 4) is 0 Å². The highest BCUT2D eigenvalue weighted by atomic mass is 32.2. The predicted molar refractivity (Wildman–Crippen MR) is 69.8 cm³/mol. The zero-order valence-corrected chi connectivity index (χ0v) is 11.4. The van der Waals surface area contributed by atoms with Crippen LogP contribution in [0.3, 0.4) is 0 Å². The normalized spacial score (nSPS) is 20.1. The molecular formula is C11H21N3OS. The first-order valence-corrected chi connectivity index (χ1v) is 6.69. The van der Waals surface area contributed by atoms with Gasteiger partial charge in [-0.3, -0.25) is 10.3 Å². The lowest BCUT2D eigenvalue weighted by molar-refractivity contribution is 0.165. The van der Waals surface area contributed by atoms with Gasteiger partial charge in [-0.1, -0.05) is 25.1 Å². The Morgan fingerprint density at radius 1 is 1.50 bits per heavy atom. The molecule has 1 fully saturated rings. The molecule has 1 heterocycles. The first-order valence-electron chi connectivity index (χ1n) is 5.71. The Labute approximate surface area is 102 Å². The summed E-state index contributed by atoms with van der Waals surface area (Å²) in [5.74, 6) is 0.681. The van der Waals surface area contributed by atoms with Gasteiger partial charge in [0.25, 0.3) is 0 Å². The number of unbranched alkanes of at least 4 members (excludes halogenated alkanes) is 1. The first kappa shape index (κ1) is 13.4. The molecule has 2 amide bonds. The van der Waals surface area contributed by atoms with Gasteiger partial charge in [0.05, 0.1) is 5.88 Å². The second-order valence-corrected chi connectivity index (χ2v) is 5.78. The number of nitrogens with one attached hydrogen (secondary N) is 1. The van der Waals surface area contributed by atoms with E-state index in [1.807, 2.05) is 25.7 Å². The van der Waals surface area contributed by atoms with E-state index in [-0.39, 0.29) is 11.6 Å². The van der Waals surface area contributed by atoms with Crippen molar-refractivity contribution in [2.24, 2.45) is 4.99 Å². The van der Waals surface area contributed by atoms with Gasteiger partial charge in [0.15, 0.2) is 5.17 Å². The third-order valence-electron chi connectivity index (χ3n) is 2.37. The molecule has 16 heavy (non-hydrogen) atoms. The monoisotopic (exact) mass is 243 g/mol. The Balaban J connectivity index is 2.52. The minimum Gasteiger partial charge on any atom is -0.310 e. The van der Waals surface area contributed by atoms with E-state index in [4.69, 9.17) is 0 Å². The van der Waals surface area contributed by atoms with Crippen LogP contribution in [0.2, 0.25) is 0 Å². The van der Waals surface area contributed by atoms with Gasteiger partial charge in [0, 0.05) is 12.1 Å². The molecule has 0 bridgehead atoms. The van der Waals surface area contributed by atoms with Crippen LogP contribution >= 0.6 is 11.8 Å². The molecule has 1 aliphatic rings. The number of aliphatic imine (C=N–C) groups is 1. The lowest BCUT2D eigenvalue weighted by atomic mass is 10.1. The number of amides is 2. The Kier molecular flexibility index (Phi) is 4.65. The lowest BCUT2D eigenvalue weighted by Crippen LogP contribution is -2.54. The largest absolute Gasteiger partial charge is 0.324 e. The Hall–Kier alpha value is -0.710. The summed E-state index contributed by atoms with van der Waals surface area (Å²) >= 11 is 1.60. The van der Waals surface area contributed by atoms with Crippen LogP contribution in [0, 0.1) is 0 Å². The topological polar surface area (TPSA) is 44.7 Å². The van der Waals surface area contributed by atoms with E-state index >= 15 is 0 Å². The molecule has 0 spiro atoms. The molecule has 1 rings (SSSR count). The highest BCUT2D eigenvalue weighted by Crippen LogP contribution is 2.21. The van der Waals surface area contributed by atoms with Gasteiger partial charge in [-0.25, -0.2) is 4.79 Å². The lowest BCUT2D eigenvalue weighted by Gasteiger charge is -2.38. The molecule has 1 saturated heterocycles. The van der Waals surface area contributed by atoms with E-state index in [1.54, 1.807) is 11.8 Å². The van der Waals surface area contributed by atoms with Gasteiger partial charge in [-0.15, -0.1) is 0 Å². The summed E-state index contributed by atoms with van der Waals surface area (Å²) in [5, 5.41) is 3.59. The molecule has 0 aromatic rings. The van der Waals surface area contributed by atoms with E-state index in [9.17, 15) is 4.79 Å². The number of rotatable bonds is 3. The summed E-state index contributed by atoms with van der Waals surface area (Å²) < 4.78 is 0. The number of hydrogen-bond acceptors (Lipinski definition) is 3. The smallest absolute Gasteiger partial charge is 0.310 e. The summed E-state index contributed by atoms with van der Waals surface area (Å²) in [6.07, 6.45) is 2.20. The fourth-order valence-corrected chi connectivity index (χ4v) is 2.40. The van der Waals surface area contributed by atoms with Crippen molar-refractivity contribution in [3.05, 3.63) is 0 Å². The fraction of sp³-hybridized carbons (Fsp3) is 0.818. The maximum absolute atomic E-state index is 11.8. The average molecular weight is 243 g/mol. The van der Waals surface area contributed by atoms with Crippen molar-refractivity contribution in [2.75, 3.05) is 12.4 Å². The third kappa shape index (κ3) is 3.70. The molecular weight excluding hydrogens is 222 g/mol. The highest BCUT2D eigenvalue weighted by Gasteiger charge is 2.30. The van der Waals surface area contributed by atoms with E-state index in [2.05, 4.69) is 17.2 Å². The first-order chi connectivity index (χ1) is 7.45. The van der Waals surface area contributed by atoms with Crippen molar-refractivity contribution in [3.63, 3.8) is 0 Å². The zero-order valence-electron chi connectivity index (χ0n) is 10.5. The van der Waals surface area contributed by atoms with E-state index in [0.29, 0.717) is 5.88 Å². The van der Waals surface area contributed by atoms with Gasteiger partial charge in [-0.05, 0) is 27.2 Å². The SMILES string of the molecule is CCCCN=C1NC(=O)N(C(C)(C)C)CS1. The number of nitrogens with zero attached hydrogens (tertiary/aromatic N) is 2. The van der Waals surface area contributed by atoms with Crippen molar-refractivity contribution in [1.82, 2.24) is 10.2 Å². The Bertz CT molecular complexity index is 283. The number of urea groups is 1. The number of carbonyl (C=O) groups excluding carboxylic acids is 1. The van der Waals surface area contributed by atoms with Crippen LogP contribution in [0.25, 0.3) is 0 Å². The standard InChI is InChI=1S/C11H21N3OS/c1-5-6-7-12-9-13-10(15)14(8-16-9)11(2,3)4/h5-8H2,1-4H3,(H,12,13,15). The maximum Gasteiger partial charge on any atom is 0.324 e. The molecule has 1 N–H and O–H groups in total. The summed E-state index contributed by atoms with van der Waals surface area (Å²) in [4.78, 5) is 18.0. The van der Waals surface area contributed by atoms with Gasteiger partial charge >= 0.3 is 6.03 Å². The second kappa shape index (κ2) is 5.57. The molecule has 0 aliphatic carbocycles. The summed E-state index contributed by atoms with van der Waals surface area (Å²) in [6, 6.07) is -0.0403. The Morgan fingerprint density at radius 3 is 2.69 bits per heavy atom. The Morgan fingerprint density at radius 2 is 2.19 bits per heavy atom. The summed E-state index contributed by atoms with van der Waals surface area (Å²) in [6.45, 7) is 9.04. The van der Waals surface area contributed by atoms with Crippen LogP contribution in [0.15, 0.2) is 4.99 Å². The average Bonchev–Trinajstić information content (AvgIpc) is 2.16. The van der Waals surface area contributed by atoms with Crippen LogP contribution in [0.4, 0.5) is 4.79 Å². The summed E-state index contributed by atoms with van der Waals surface area (Å²) in [7, 11) is 0. The van der Waals surface area contributed by atoms with E-state index < -0.39 is 0 Å². The highest BCUT2D eigenvalue weighted by molar-refractivity contribution is 8.13. The number of thioether (sulfide) groups is 1. The number of amidine groups is 1. The molecule has 0 radical (unpaired) electrons. The predicted octanol–water partition coefficient (Wildman–Crippen LogP) is 2.66. The third-order valence-corrected chi connectivity index (χ3v) is 3.26. The quantitative estimate of drug-likeness (QED) is 0.774.